The molecule has 0 radical (unpaired) electrons. The summed E-state index contributed by atoms with van der Waals surface area (Å²) in [6.45, 7) is 0.192. The molecule has 0 aliphatic carbocycles. The summed E-state index contributed by atoms with van der Waals surface area (Å²) in [6, 6.07) is 1.54. The molecule has 17 heavy (non-hydrogen) atoms. The third-order valence-corrected chi connectivity index (χ3v) is 3.16. The van der Waals surface area contributed by atoms with E-state index in [1.807, 2.05) is 0 Å². The fourth-order valence-corrected chi connectivity index (χ4v) is 2.50. The lowest BCUT2D eigenvalue weighted by atomic mass is 10.2. The van der Waals surface area contributed by atoms with Crippen molar-refractivity contribution in [2.75, 3.05) is 18.9 Å². The number of nitrogens with one attached hydrogen (secondary N) is 2. The van der Waals surface area contributed by atoms with Crippen LogP contribution in [-0.4, -0.2) is 28.2 Å². The van der Waals surface area contributed by atoms with E-state index >= 15 is 0 Å². The number of carbonyl (C=O) groups is 1. The quantitative estimate of drug-likeness (QED) is 0.909. The number of aromatic nitrogens is 2. The van der Waals surface area contributed by atoms with E-state index in [0.29, 0.717) is 26.8 Å². The molecule has 0 saturated carbocycles. The molecule has 90 valence electrons. The van der Waals surface area contributed by atoms with E-state index in [2.05, 4.69) is 19.4 Å². The lowest BCUT2D eigenvalue weighted by Gasteiger charge is -2.07. The monoisotopic (exact) mass is 290 g/mol. The molecule has 0 saturated heterocycles. The van der Waals surface area contributed by atoms with E-state index in [9.17, 15) is 4.79 Å². The maximum Gasteiger partial charge on any atom is 0.238 e. The second kappa shape index (κ2) is 5.14. The summed E-state index contributed by atoms with van der Waals surface area (Å²) < 4.78 is 8.13. The largest absolute Gasteiger partial charge is 0.322 e. The molecule has 0 atom stereocenters. The molecule has 2 N–H and O–H groups in total. The maximum absolute atomic E-state index is 11.5. The highest BCUT2D eigenvalue weighted by molar-refractivity contribution is 7.00. The second-order valence-corrected chi connectivity index (χ2v) is 4.60. The van der Waals surface area contributed by atoms with Crippen molar-refractivity contribution in [3.63, 3.8) is 0 Å². The van der Waals surface area contributed by atoms with Crippen LogP contribution in [0.4, 0.5) is 5.69 Å². The summed E-state index contributed by atoms with van der Waals surface area (Å²) in [4.78, 5) is 11.5. The fraction of sp³-hybridized carbons (Fsp3) is 0.222. The smallest absolute Gasteiger partial charge is 0.238 e. The number of likely N-dealkylation sites (N-methyl/N-ethyl adjacent to an activating group) is 1. The molecule has 1 aromatic carbocycles. The van der Waals surface area contributed by atoms with Crippen molar-refractivity contribution in [2.24, 2.45) is 0 Å². The van der Waals surface area contributed by atoms with Gasteiger partial charge in [0.15, 0.2) is 0 Å². The van der Waals surface area contributed by atoms with Gasteiger partial charge in [-0.15, -0.1) is 0 Å². The summed E-state index contributed by atoms with van der Waals surface area (Å²) in [5.74, 6) is -0.203. The zero-order valence-electron chi connectivity index (χ0n) is 8.75. The molecule has 5 nitrogen and oxygen atoms in total. The minimum atomic E-state index is -0.203. The van der Waals surface area contributed by atoms with Gasteiger partial charge in [-0.05, 0) is 13.1 Å². The van der Waals surface area contributed by atoms with Crippen molar-refractivity contribution >= 4 is 57.6 Å². The van der Waals surface area contributed by atoms with Crippen molar-refractivity contribution in [1.82, 2.24) is 14.1 Å². The number of benzene rings is 1. The van der Waals surface area contributed by atoms with Crippen molar-refractivity contribution < 1.29 is 4.79 Å². The molecular formula is C9H8Cl2N4OS. The Bertz CT molecular complexity index is 571. The zero-order valence-corrected chi connectivity index (χ0v) is 11.1. The fourth-order valence-electron chi connectivity index (χ4n) is 1.34. The predicted octanol–water partition coefficient (Wildman–Crippen LogP) is 2.16. The highest BCUT2D eigenvalue weighted by Crippen LogP contribution is 2.34. The van der Waals surface area contributed by atoms with E-state index < -0.39 is 0 Å². The Morgan fingerprint density at radius 1 is 1.35 bits per heavy atom. The SMILES string of the molecule is CNCC(=O)Nc1c(Cl)cc(Cl)c2nsnc12. The molecule has 1 heterocycles. The van der Waals surface area contributed by atoms with Crippen LogP contribution in [0.5, 0.6) is 0 Å². The Hall–Kier alpha value is -0.950. The minimum absolute atomic E-state index is 0.192. The van der Waals surface area contributed by atoms with Gasteiger partial charge in [0.25, 0.3) is 0 Å². The van der Waals surface area contributed by atoms with Crippen LogP contribution in [0.25, 0.3) is 11.0 Å². The predicted molar refractivity (Wildman–Crippen MR) is 70.0 cm³/mol. The van der Waals surface area contributed by atoms with Gasteiger partial charge in [0, 0.05) is 0 Å². The van der Waals surface area contributed by atoms with Crippen LogP contribution >= 0.6 is 34.9 Å². The molecule has 2 aromatic rings. The first kappa shape index (κ1) is 12.5. The molecule has 0 bridgehead atoms. The molecule has 0 aliphatic heterocycles. The summed E-state index contributed by atoms with van der Waals surface area (Å²) in [5.41, 5.74) is 1.50. The molecule has 1 aromatic heterocycles. The zero-order chi connectivity index (χ0) is 12.4. The van der Waals surface area contributed by atoms with E-state index in [1.54, 1.807) is 13.1 Å². The van der Waals surface area contributed by atoms with Crippen LogP contribution in [0, 0.1) is 0 Å². The van der Waals surface area contributed by atoms with Gasteiger partial charge in [0.2, 0.25) is 5.91 Å². The summed E-state index contributed by atoms with van der Waals surface area (Å²) >= 11 is 13.0. The summed E-state index contributed by atoms with van der Waals surface area (Å²) in [6.07, 6.45) is 0. The summed E-state index contributed by atoms with van der Waals surface area (Å²) in [5, 5.41) is 6.19. The lowest BCUT2D eigenvalue weighted by molar-refractivity contribution is -0.115. The highest BCUT2D eigenvalue weighted by atomic mass is 35.5. The molecule has 0 fully saturated rings. The summed E-state index contributed by atoms with van der Waals surface area (Å²) in [7, 11) is 1.68. The lowest BCUT2D eigenvalue weighted by Crippen LogP contribution is -2.25. The Balaban J connectivity index is 2.45. The number of fused-ring (bicyclic) bond motifs is 1. The molecular weight excluding hydrogens is 283 g/mol. The number of carbonyl (C=O) groups excluding carboxylic acids is 1. The highest BCUT2D eigenvalue weighted by Gasteiger charge is 2.15. The normalized spacial score (nSPS) is 10.8. The van der Waals surface area contributed by atoms with Crippen molar-refractivity contribution in [3.8, 4) is 0 Å². The standard InChI is InChI=1S/C9H8Cl2N4OS/c1-12-3-6(16)13-7-4(10)2-5(11)8-9(7)15-17-14-8/h2,12H,3H2,1H3,(H,13,16). The Labute approximate surface area is 111 Å². The Morgan fingerprint density at radius 2 is 2.06 bits per heavy atom. The van der Waals surface area contributed by atoms with Crippen LogP contribution in [0.2, 0.25) is 10.0 Å². The third kappa shape index (κ3) is 2.50. The minimum Gasteiger partial charge on any atom is -0.322 e. The van der Waals surface area contributed by atoms with Crippen LogP contribution in [0.3, 0.4) is 0 Å². The molecule has 0 spiro atoms. The van der Waals surface area contributed by atoms with Crippen LogP contribution in [0.1, 0.15) is 0 Å². The molecule has 1 amide bonds. The first-order valence-electron chi connectivity index (χ1n) is 4.68. The van der Waals surface area contributed by atoms with E-state index in [-0.39, 0.29) is 12.5 Å². The second-order valence-electron chi connectivity index (χ2n) is 3.26. The molecule has 2 rings (SSSR count). The first-order valence-corrected chi connectivity index (χ1v) is 6.17. The Morgan fingerprint density at radius 3 is 2.76 bits per heavy atom. The van der Waals surface area contributed by atoms with Crippen LogP contribution in [0.15, 0.2) is 6.07 Å². The van der Waals surface area contributed by atoms with Gasteiger partial charge in [0.05, 0.1) is 34.0 Å². The topological polar surface area (TPSA) is 66.9 Å². The van der Waals surface area contributed by atoms with Gasteiger partial charge >= 0.3 is 0 Å². The third-order valence-electron chi connectivity index (χ3n) is 2.05. The van der Waals surface area contributed by atoms with E-state index in [1.165, 1.54) is 0 Å². The number of anilines is 1. The number of halogens is 2. The van der Waals surface area contributed by atoms with Crippen LogP contribution < -0.4 is 10.6 Å². The van der Waals surface area contributed by atoms with Gasteiger partial charge in [-0.25, -0.2) is 0 Å². The molecule has 8 heteroatoms. The van der Waals surface area contributed by atoms with E-state index in [0.717, 1.165) is 11.7 Å². The Kier molecular flexibility index (Phi) is 3.78. The molecule has 0 unspecified atom stereocenters. The number of amides is 1. The average molecular weight is 291 g/mol. The van der Waals surface area contributed by atoms with Crippen molar-refractivity contribution in [2.45, 2.75) is 0 Å². The van der Waals surface area contributed by atoms with E-state index in [4.69, 9.17) is 23.2 Å². The number of hydrogen-bond donors (Lipinski definition) is 2. The number of nitrogens with zero attached hydrogens (tertiary/aromatic N) is 2. The van der Waals surface area contributed by atoms with Gasteiger partial charge in [-0.2, -0.15) is 8.75 Å². The first-order chi connectivity index (χ1) is 8.13. The van der Waals surface area contributed by atoms with Gasteiger partial charge < -0.3 is 10.6 Å². The molecule has 0 aliphatic rings. The van der Waals surface area contributed by atoms with Gasteiger partial charge in [-0.3, -0.25) is 4.79 Å². The number of rotatable bonds is 3. The number of hydrogen-bond acceptors (Lipinski definition) is 5. The van der Waals surface area contributed by atoms with Gasteiger partial charge in [0.1, 0.15) is 11.0 Å². The average Bonchev–Trinajstić information content (AvgIpc) is 2.73. The van der Waals surface area contributed by atoms with Crippen molar-refractivity contribution in [3.05, 3.63) is 16.1 Å². The van der Waals surface area contributed by atoms with Crippen LogP contribution in [-0.2, 0) is 4.79 Å². The maximum atomic E-state index is 11.5. The van der Waals surface area contributed by atoms with Gasteiger partial charge in [-0.1, -0.05) is 23.2 Å². The van der Waals surface area contributed by atoms with Crippen molar-refractivity contribution in [1.29, 1.82) is 0 Å².